The Bertz CT molecular complexity index is 615. The molecule has 1 aromatic carbocycles. The van der Waals surface area contributed by atoms with Crippen LogP contribution < -0.4 is 5.32 Å². The highest BCUT2D eigenvalue weighted by atomic mass is 16.5. The molecular formula is C24H41N5O. The van der Waals surface area contributed by atoms with E-state index in [-0.39, 0.29) is 0 Å². The smallest absolute Gasteiger partial charge is 0.193 e. The zero-order valence-electron chi connectivity index (χ0n) is 19.1. The molecule has 2 saturated heterocycles. The summed E-state index contributed by atoms with van der Waals surface area (Å²) in [6.45, 7) is 14.2. The molecule has 0 amide bonds. The molecule has 6 nitrogen and oxygen atoms in total. The molecule has 0 bridgehead atoms. The van der Waals surface area contributed by atoms with Crippen molar-refractivity contribution in [2.24, 2.45) is 10.9 Å². The van der Waals surface area contributed by atoms with Crippen molar-refractivity contribution in [1.82, 2.24) is 20.0 Å². The van der Waals surface area contributed by atoms with Crippen LogP contribution in [-0.4, -0.2) is 93.2 Å². The summed E-state index contributed by atoms with van der Waals surface area (Å²) in [5.74, 6) is 1.64. The Hall–Kier alpha value is -1.63. The van der Waals surface area contributed by atoms with E-state index in [1.807, 2.05) is 13.1 Å². The summed E-state index contributed by atoms with van der Waals surface area (Å²) in [5.41, 5.74) is 1.25. The Balaban J connectivity index is 1.25. The zero-order valence-corrected chi connectivity index (χ0v) is 19.1. The molecule has 3 rings (SSSR count). The number of likely N-dealkylation sites (N-methyl/N-ethyl adjacent to an activating group) is 1. The van der Waals surface area contributed by atoms with Gasteiger partial charge in [-0.3, -0.25) is 4.99 Å². The molecule has 0 radical (unpaired) electrons. The number of aliphatic imine (C=N–C) groups is 1. The third-order valence-electron chi connectivity index (χ3n) is 6.36. The van der Waals surface area contributed by atoms with E-state index in [4.69, 9.17) is 4.74 Å². The molecule has 2 heterocycles. The van der Waals surface area contributed by atoms with Gasteiger partial charge in [0.2, 0.25) is 0 Å². The normalized spacial score (nSPS) is 21.3. The Kier molecular flexibility index (Phi) is 9.93. The van der Waals surface area contributed by atoms with Gasteiger partial charge in [-0.05, 0) is 37.9 Å². The van der Waals surface area contributed by atoms with Crippen molar-refractivity contribution >= 4 is 5.96 Å². The second kappa shape index (κ2) is 12.9. The number of benzene rings is 1. The van der Waals surface area contributed by atoms with E-state index in [2.05, 4.69) is 56.2 Å². The van der Waals surface area contributed by atoms with Crippen molar-refractivity contribution in [2.75, 3.05) is 72.6 Å². The first-order chi connectivity index (χ1) is 14.8. The molecular weight excluding hydrogens is 374 g/mol. The molecule has 1 atom stereocenters. The summed E-state index contributed by atoms with van der Waals surface area (Å²) in [4.78, 5) is 12.1. The molecule has 168 valence electrons. The number of rotatable bonds is 10. The van der Waals surface area contributed by atoms with Crippen LogP contribution in [0.1, 0.15) is 31.7 Å². The van der Waals surface area contributed by atoms with Crippen molar-refractivity contribution in [1.29, 1.82) is 0 Å². The van der Waals surface area contributed by atoms with Crippen LogP contribution in [0.25, 0.3) is 0 Å². The largest absolute Gasteiger partial charge is 0.376 e. The highest BCUT2D eigenvalue weighted by Gasteiger charge is 2.24. The fourth-order valence-electron chi connectivity index (χ4n) is 4.40. The first kappa shape index (κ1) is 23.0. The maximum absolute atomic E-state index is 5.96. The molecule has 1 unspecified atom stereocenters. The Morgan fingerprint density at radius 2 is 1.83 bits per heavy atom. The quantitative estimate of drug-likeness (QED) is 0.361. The molecule has 2 aliphatic rings. The molecule has 6 heteroatoms. The summed E-state index contributed by atoms with van der Waals surface area (Å²) in [7, 11) is 1.90. The number of hydrogen-bond donors (Lipinski definition) is 1. The van der Waals surface area contributed by atoms with Crippen LogP contribution >= 0.6 is 0 Å². The fraction of sp³-hybridized carbons (Fsp3) is 0.708. The van der Waals surface area contributed by atoms with Crippen LogP contribution in [0.3, 0.4) is 0 Å². The number of guanidine groups is 1. The second-order valence-electron chi connectivity index (χ2n) is 8.56. The minimum atomic E-state index is 0.592. The molecule has 30 heavy (non-hydrogen) atoms. The number of nitrogens with one attached hydrogen (secondary N) is 1. The minimum Gasteiger partial charge on any atom is -0.376 e. The van der Waals surface area contributed by atoms with Gasteiger partial charge in [0.15, 0.2) is 5.96 Å². The number of piperazine rings is 1. The van der Waals surface area contributed by atoms with Crippen molar-refractivity contribution < 1.29 is 4.74 Å². The van der Waals surface area contributed by atoms with Crippen molar-refractivity contribution in [2.45, 2.75) is 32.8 Å². The van der Waals surface area contributed by atoms with Crippen LogP contribution in [-0.2, 0) is 11.3 Å². The molecule has 2 aliphatic heterocycles. The van der Waals surface area contributed by atoms with Gasteiger partial charge in [0.25, 0.3) is 0 Å². The summed E-state index contributed by atoms with van der Waals surface area (Å²) >= 11 is 0. The predicted molar refractivity (Wildman–Crippen MR) is 125 cm³/mol. The van der Waals surface area contributed by atoms with Crippen LogP contribution in [0.4, 0.5) is 0 Å². The van der Waals surface area contributed by atoms with Gasteiger partial charge < -0.3 is 24.8 Å². The SMILES string of the molecule is CCN1CCN(CCCCNC(=NC)N2CCC(COCc3ccccc3)C2)CC1. The number of likely N-dealkylation sites (tertiary alicyclic amines) is 1. The lowest BCUT2D eigenvalue weighted by molar-refractivity contribution is 0.0906. The Labute approximate surface area is 183 Å². The van der Waals surface area contributed by atoms with E-state index in [0.29, 0.717) is 12.5 Å². The van der Waals surface area contributed by atoms with Gasteiger partial charge in [-0.15, -0.1) is 0 Å². The van der Waals surface area contributed by atoms with Crippen LogP contribution in [0, 0.1) is 5.92 Å². The van der Waals surface area contributed by atoms with Crippen LogP contribution in [0.5, 0.6) is 0 Å². The summed E-state index contributed by atoms with van der Waals surface area (Å²) < 4.78 is 5.96. The van der Waals surface area contributed by atoms with E-state index in [1.165, 1.54) is 64.1 Å². The van der Waals surface area contributed by atoms with E-state index in [1.54, 1.807) is 0 Å². The molecule has 0 aliphatic carbocycles. The zero-order chi connectivity index (χ0) is 21.0. The second-order valence-corrected chi connectivity index (χ2v) is 8.56. The van der Waals surface area contributed by atoms with Gasteiger partial charge in [0.05, 0.1) is 13.2 Å². The van der Waals surface area contributed by atoms with E-state index >= 15 is 0 Å². The van der Waals surface area contributed by atoms with Gasteiger partial charge in [-0.2, -0.15) is 0 Å². The standard InChI is InChI=1S/C24H41N5O/c1-3-27-15-17-28(18-16-27)13-8-7-12-26-24(25-2)29-14-11-23(19-29)21-30-20-22-9-5-4-6-10-22/h4-6,9-10,23H,3,7-8,11-21H2,1-2H3,(H,25,26). The Morgan fingerprint density at radius 3 is 2.57 bits per heavy atom. The molecule has 0 aromatic heterocycles. The lowest BCUT2D eigenvalue weighted by Gasteiger charge is -2.34. The van der Waals surface area contributed by atoms with E-state index in [9.17, 15) is 0 Å². The molecule has 1 N–H and O–H groups in total. The summed E-state index contributed by atoms with van der Waals surface area (Å²) in [6.07, 6.45) is 3.63. The number of nitrogens with zero attached hydrogens (tertiary/aromatic N) is 4. The highest BCUT2D eigenvalue weighted by Crippen LogP contribution is 2.17. The van der Waals surface area contributed by atoms with E-state index < -0.39 is 0 Å². The van der Waals surface area contributed by atoms with Crippen molar-refractivity contribution in [3.05, 3.63) is 35.9 Å². The summed E-state index contributed by atoms with van der Waals surface area (Å²) in [6, 6.07) is 10.4. The Morgan fingerprint density at radius 1 is 1.07 bits per heavy atom. The maximum Gasteiger partial charge on any atom is 0.193 e. The molecule has 0 saturated carbocycles. The first-order valence-corrected chi connectivity index (χ1v) is 11.8. The average molecular weight is 416 g/mol. The maximum atomic E-state index is 5.96. The summed E-state index contributed by atoms with van der Waals surface area (Å²) in [5, 5.41) is 3.58. The highest BCUT2D eigenvalue weighted by molar-refractivity contribution is 5.80. The van der Waals surface area contributed by atoms with E-state index in [0.717, 1.165) is 32.2 Å². The first-order valence-electron chi connectivity index (χ1n) is 11.8. The van der Waals surface area contributed by atoms with Crippen LogP contribution in [0.15, 0.2) is 35.3 Å². The van der Waals surface area contributed by atoms with Gasteiger partial charge in [0, 0.05) is 58.8 Å². The van der Waals surface area contributed by atoms with Gasteiger partial charge in [-0.1, -0.05) is 37.3 Å². The third-order valence-corrected chi connectivity index (χ3v) is 6.36. The predicted octanol–water partition coefficient (Wildman–Crippen LogP) is 2.52. The number of unbranched alkanes of at least 4 members (excludes halogenated alkanes) is 1. The average Bonchev–Trinajstić information content (AvgIpc) is 3.26. The third kappa shape index (κ3) is 7.56. The van der Waals surface area contributed by atoms with Gasteiger partial charge >= 0.3 is 0 Å². The van der Waals surface area contributed by atoms with Crippen molar-refractivity contribution in [3.63, 3.8) is 0 Å². The lowest BCUT2D eigenvalue weighted by atomic mass is 10.1. The minimum absolute atomic E-state index is 0.592. The van der Waals surface area contributed by atoms with Crippen LogP contribution in [0.2, 0.25) is 0 Å². The molecule has 1 aromatic rings. The molecule has 0 spiro atoms. The topological polar surface area (TPSA) is 43.3 Å². The monoisotopic (exact) mass is 415 g/mol. The molecule has 2 fully saturated rings. The number of ether oxygens (including phenoxy) is 1. The van der Waals surface area contributed by atoms with Crippen molar-refractivity contribution in [3.8, 4) is 0 Å². The lowest BCUT2D eigenvalue weighted by Crippen LogP contribution is -2.46. The fourth-order valence-corrected chi connectivity index (χ4v) is 4.40. The van der Waals surface area contributed by atoms with Gasteiger partial charge in [-0.25, -0.2) is 0 Å². The number of hydrogen-bond acceptors (Lipinski definition) is 4. The van der Waals surface area contributed by atoms with Gasteiger partial charge in [0.1, 0.15) is 0 Å².